The first-order chi connectivity index (χ1) is 18.5. The number of nitrogens with zero attached hydrogens (tertiary/aromatic N) is 3. The second-order valence-corrected chi connectivity index (χ2v) is 11.3. The lowest BCUT2D eigenvalue weighted by Crippen LogP contribution is -2.24. The second kappa shape index (κ2) is 8.55. The van der Waals surface area contributed by atoms with Crippen LogP contribution in [0.15, 0.2) is 113 Å². The normalized spacial score (nSPS) is 13.6. The Labute approximate surface area is 225 Å². The van der Waals surface area contributed by atoms with Crippen LogP contribution in [0.4, 0.5) is 0 Å². The van der Waals surface area contributed by atoms with Crippen molar-refractivity contribution in [2.45, 2.75) is 29.1 Å². The van der Waals surface area contributed by atoms with E-state index in [1.165, 1.54) is 31.7 Å². The van der Waals surface area contributed by atoms with Crippen LogP contribution in [0.3, 0.4) is 0 Å². The molecule has 3 nitrogen and oxygen atoms in total. The molecule has 0 amide bonds. The van der Waals surface area contributed by atoms with Crippen LogP contribution in [0, 0.1) is 11.3 Å². The van der Waals surface area contributed by atoms with Crippen LogP contribution < -0.4 is 0 Å². The van der Waals surface area contributed by atoms with Gasteiger partial charge in [0, 0.05) is 31.7 Å². The fourth-order valence-electron chi connectivity index (χ4n) is 5.45. The van der Waals surface area contributed by atoms with E-state index in [0.717, 1.165) is 27.7 Å². The SMILES string of the molecule is CC1(C)c2cc(C#N)ccc2Sc2ccc(-c3nc(-c4ccc5ccccc5c4)c4ccccc4n3)cc21. The van der Waals surface area contributed by atoms with Gasteiger partial charge >= 0.3 is 0 Å². The molecular formula is C34H23N3S. The Hall–Kier alpha value is -4.46. The maximum absolute atomic E-state index is 9.49. The summed E-state index contributed by atoms with van der Waals surface area (Å²) in [5.41, 5.74) is 6.78. The number of benzene rings is 5. The summed E-state index contributed by atoms with van der Waals surface area (Å²) in [7, 11) is 0. The molecular weight excluding hydrogens is 482 g/mol. The van der Waals surface area contributed by atoms with E-state index in [2.05, 4.69) is 98.8 Å². The van der Waals surface area contributed by atoms with E-state index in [0.29, 0.717) is 11.4 Å². The molecule has 0 N–H and O–H groups in total. The summed E-state index contributed by atoms with van der Waals surface area (Å²) in [5, 5.41) is 12.9. The Morgan fingerprint density at radius 2 is 1.39 bits per heavy atom. The first kappa shape index (κ1) is 22.7. The smallest absolute Gasteiger partial charge is 0.160 e. The number of para-hydroxylation sites is 1. The highest BCUT2D eigenvalue weighted by Crippen LogP contribution is 2.50. The Morgan fingerprint density at radius 3 is 2.24 bits per heavy atom. The molecule has 0 unspecified atom stereocenters. The van der Waals surface area contributed by atoms with E-state index in [1.807, 2.05) is 24.3 Å². The minimum Gasteiger partial charge on any atom is -0.228 e. The van der Waals surface area contributed by atoms with E-state index < -0.39 is 0 Å². The van der Waals surface area contributed by atoms with Crippen LogP contribution in [0.1, 0.15) is 30.5 Å². The molecule has 5 aromatic carbocycles. The van der Waals surface area contributed by atoms with Gasteiger partial charge in [-0.1, -0.05) is 86.3 Å². The Morgan fingerprint density at radius 1 is 0.684 bits per heavy atom. The Balaban J connectivity index is 1.40. The lowest BCUT2D eigenvalue weighted by Gasteiger charge is -2.35. The molecule has 0 atom stereocenters. The van der Waals surface area contributed by atoms with E-state index in [9.17, 15) is 5.26 Å². The Kier molecular flexibility index (Phi) is 5.11. The van der Waals surface area contributed by atoms with Gasteiger partial charge in [-0.15, -0.1) is 0 Å². The molecule has 0 radical (unpaired) electrons. The van der Waals surface area contributed by atoms with Gasteiger partial charge in [0.05, 0.1) is 22.8 Å². The monoisotopic (exact) mass is 505 g/mol. The number of hydrogen-bond acceptors (Lipinski definition) is 4. The van der Waals surface area contributed by atoms with Gasteiger partial charge in [0.25, 0.3) is 0 Å². The lowest BCUT2D eigenvalue weighted by atomic mass is 9.76. The van der Waals surface area contributed by atoms with Crippen molar-refractivity contribution < 1.29 is 0 Å². The van der Waals surface area contributed by atoms with Gasteiger partial charge in [0.15, 0.2) is 5.82 Å². The van der Waals surface area contributed by atoms with Gasteiger partial charge in [-0.2, -0.15) is 5.26 Å². The topological polar surface area (TPSA) is 49.6 Å². The predicted octanol–water partition coefficient (Wildman–Crippen LogP) is 8.78. The summed E-state index contributed by atoms with van der Waals surface area (Å²) in [5.74, 6) is 0.715. The minimum absolute atomic E-state index is 0.253. The largest absolute Gasteiger partial charge is 0.228 e. The summed E-state index contributed by atoms with van der Waals surface area (Å²) in [4.78, 5) is 12.6. The van der Waals surface area contributed by atoms with Gasteiger partial charge in [0.2, 0.25) is 0 Å². The molecule has 4 heteroatoms. The molecule has 0 saturated heterocycles. The molecule has 6 aromatic rings. The molecule has 2 heterocycles. The number of hydrogen-bond donors (Lipinski definition) is 0. The van der Waals surface area contributed by atoms with Crippen molar-refractivity contribution in [2.75, 3.05) is 0 Å². The minimum atomic E-state index is -0.253. The summed E-state index contributed by atoms with van der Waals surface area (Å²) in [6, 6.07) is 38.0. The number of fused-ring (bicyclic) bond motifs is 4. The molecule has 0 spiro atoms. The average molecular weight is 506 g/mol. The molecule has 0 saturated carbocycles. The summed E-state index contributed by atoms with van der Waals surface area (Å²) in [6.07, 6.45) is 0. The zero-order chi connectivity index (χ0) is 25.9. The van der Waals surface area contributed by atoms with Crippen molar-refractivity contribution in [3.05, 3.63) is 120 Å². The first-order valence-electron chi connectivity index (χ1n) is 12.6. The molecule has 1 aliphatic heterocycles. The van der Waals surface area contributed by atoms with Crippen LogP contribution in [-0.4, -0.2) is 9.97 Å². The average Bonchev–Trinajstić information content (AvgIpc) is 2.96. The maximum atomic E-state index is 9.49. The van der Waals surface area contributed by atoms with E-state index in [-0.39, 0.29) is 5.41 Å². The van der Waals surface area contributed by atoms with Crippen LogP contribution in [-0.2, 0) is 5.41 Å². The van der Waals surface area contributed by atoms with Crippen LogP contribution in [0.2, 0.25) is 0 Å². The molecule has 0 bridgehead atoms. The summed E-state index contributed by atoms with van der Waals surface area (Å²) in [6.45, 7) is 4.47. The van der Waals surface area contributed by atoms with E-state index >= 15 is 0 Å². The quantitative estimate of drug-likeness (QED) is 0.236. The molecule has 38 heavy (non-hydrogen) atoms. The fraction of sp³-hybridized carbons (Fsp3) is 0.0882. The van der Waals surface area contributed by atoms with Gasteiger partial charge in [-0.25, -0.2) is 9.97 Å². The van der Waals surface area contributed by atoms with Gasteiger partial charge in [0.1, 0.15) is 0 Å². The number of nitriles is 1. The second-order valence-electron chi connectivity index (χ2n) is 10.2. The number of rotatable bonds is 2. The predicted molar refractivity (Wildman–Crippen MR) is 155 cm³/mol. The van der Waals surface area contributed by atoms with Gasteiger partial charge in [-0.3, -0.25) is 0 Å². The summed E-state index contributed by atoms with van der Waals surface area (Å²) >= 11 is 1.76. The van der Waals surface area contributed by atoms with Crippen molar-refractivity contribution in [2.24, 2.45) is 0 Å². The van der Waals surface area contributed by atoms with E-state index in [1.54, 1.807) is 11.8 Å². The zero-order valence-electron chi connectivity index (χ0n) is 21.1. The van der Waals surface area contributed by atoms with Gasteiger partial charge in [-0.05, 0) is 64.4 Å². The Bertz CT molecular complexity index is 1950. The van der Waals surface area contributed by atoms with Crippen LogP contribution in [0.5, 0.6) is 0 Å². The first-order valence-corrected chi connectivity index (χ1v) is 13.5. The van der Waals surface area contributed by atoms with Crippen LogP contribution >= 0.6 is 11.8 Å². The molecule has 7 rings (SSSR count). The third-order valence-corrected chi connectivity index (χ3v) is 8.69. The van der Waals surface area contributed by atoms with Crippen molar-refractivity contribution >= 4 is 33.4 Å². The summed E-state index contributed by atoms with van der Waals surface area (Å²) < 4.78 is 0. The lowest BCUT2D eigenvalue weighted by molar-refractivity contribution is 0.607. The molecule has 1 aromatic heterocycles. The standard InChI is InChI=1S/C34H23N3S/c1-34(2)27-17-21(20-35)11-15-30(27)38-31-16-14-25(19-28(31)34)33-36-29-10-6-5-9-26(29)32(37-33)24-13-12-22-7-3-4-8-23(22)18-24/h3-19H,1-2H3. The zero-order valence-corrected chi connectivity index (χ0v) is 21.9. The third kappa shape index (κ3) is 3.59. The highest BCUT2D eigenvalue weighted by molar-refractivity contribution is 7.99. The van der Waals surface area contributed by atoms with Crippen molar-refractivity contribution in [1.29, 1.82) is 5.26 Å². The number of aromatic nitrogens is 2. The highest BCUT2D eigenvalue weighted by atomic mass is 32.2. The molecule has 0 aliphatic carbocycles. The van der Waals surface area contributed by atoms with E-state index in [4.69, 9.17) is 9.97 Å². The third-order valence-electron chi connectivity index (χ3n) is 7.54. The maximum Gasteiger partial charge on any atom is 0.160 e. The molecule has 1 aliphatic rings. The van der Waals surface area contributed by atoms with Crippen molar-refractivity contribution in [1.82, 2.24) is 9.97 Å². The van der Waals surface area contributed by atoms with Crippen molar-refractivity contribution in [3.8, 4) is 28.7 Å². The molecule has 0 fully saturated rings. The fourth-order valence-corrected chi connectivity index (χ4v) is 6.81. The van der Waals surface area contributed by atoms with Gasteiger partial charge < -0.3 is 0 Å². The van der Waals surface area contributed by atoms with Crippen LogP contribution in [0.25, 0.3) is 44.3 Å². The highest BCUT2D eigenvalue weighted by Gasteiger charge is 2.33. The van der Waals surface area contributed by atoms with Crippen molar-refractivity contribution in [3.63, 3.8) is 0 Å². The molecule has 180 valence electrons.